The summed E-state index contributed by atoms with van der Waals surface area (Å²) < 4.78 is 0. The standard InChI is InChI=1S/C12H20N2O/c1-3-12(15)10-14(2)9-6-11-4-7-13-8-5-11/h4-5,7-8,12,15H,3,6,9-10H2,1-2H3/t12-/m1/s1. The fourth-order valence-corrected chi connectivity index (χ4v) is 1.45. The molecule has 1 aromatic rings. The molecule has 0 aliphatic heterocycles. The summed E-state index contributed by atoms with van der Waals surface area (Å²) in [6.45, 7) is 3.73. The third-order valence-corrected chi connectivity index (χ3v) is 2.53. The minimum Gasteiger partial charge on any atom is -0.392 e. The molecule has 15 heavy (non-hydrogen) atoms. The van der Waals surface area contributed by atoms with Crippen LogP contribution in [0.25, 0.3) is 0 Å². The molecule has 0 aromatic carbocycles. The van der Waals surface area contributed by atoms with Crippen LogP contribution >= 0.6 is 0 Å². The summed E-state index contributed by atoms with van der Waals surface area (Å²) in [5.74, 6) is 0. The van der Waals surface area contributed by atoms with Gasteiger partial charge in [0.25, 0.3) is 0 Å². The molecule has 1 rings (SSSR count). The van der Waals surface area contributed by atoms with E-state index in [9.17, 15) is 5.11 Å². The molecule has 0 saturated carbocycles. The average molecular weight is 208 g/mol. The van der Waals surface area contributed by atoms with Crippen molar-refractivity contribution in [2.75, 3.05) is 20.1 Å². The molecule has 3 nitrogen and oxygen atoms in total. The van der Waals surface area contributed by atoms with Gasteiger partial charge in [-0.2, -0.15) is 0 Å². The number of aliphatic hydroxyl groups is 1. The highest BCUT2D eigenvalue weighted by atomic mass is 16.3. The molecule has 0 unspecified atom stereocenters. The zero-order valence-electron chi connectivity index (χ0n) is 9.56. The van der Waals surface area contributed by atoms with Gasteiger partial charge in [0.05, 0.1) is 6.10 Å². The molecule has 1 atom stereocenters. The Kier molecular flexibility index (Phi) is 5.29. The minimum atomic E-state index is -0.201. The second-order valence-corrected chi connectivity index (χ2v) is 3.93. The van der Waals surface area contributed by atoms with E-state index in [1.165, 1.54) is 5.56 Å². The summed E-state index contributed by atoms with van der Waals surface area (Å²) in [6.07, 6.45) is 5.26. The molecule has 0 spiro atoms. The average Bonchev–Trinajstić information content (AvgIpc) is 2.27. The monoisotopic (exact) mass is 208 g/mol. The van der Waals surface area contributed by atoms with Gasteiger partial charge in [-0.15, -0.1) is 0 Å². The summed E-state index contributed by atoms with van der Waals surface area (Å²) in [6, 6.07) is 4.06. The van der Waals surface area contributed by atoms with Gasteiger partial charge < -0.3 is 10.0 Å². The molecule has 0 radical (unpaired) electrons. The van der Waals surface area contributed by atoms with Crippen LogP contribution in [0.5, 0.6) is 0 Å². The van der Waals surface area contributed by atoms with Crippen LogP contribution in [0.3, 0.4) is 0 Å². The van der Waals surface area contributed by atoms with Crippen molar-refractivity contribution in [3.63, 3.8) is 0 Å². The topological polar surface area (TPSA) is 36.4 Å². The molecule has 0 aliphatic carbocycles. The molecule has 1 heterocycles. The second kappa shape index (κ2) is 6.53. The molecule has 0 amide bonds. The highest BCUT2D eigenvalue weighted by Gasteiger charge is 2.05. The molecule has 0 aliphatic rings. The van der Waals surface area contributed by atoms with Crippen molar-refractivity contribution in [1.82, 2.24) is 9.88 Å². The summed E-state index contributed by atoms with van der Waals surface area (Å²) in [5, 5.41) is 9.47. The first kappa shape index (κ1) is 12.1. The van der Waals surface area contributed by atoms with Crippen LogP contribution in [-0.2, 0) is 6.42 Å². The van der Waals surface area contributed by atoms with Crippen molar-refractivity contribution in [3.05, 3.63) is 30.1 Å². The Hall–Kier alpha value is -0.930. The summed E-state index contributed by atoms with van der Waals surface area (Å²) >= 11 is 0. The van der Waals surface area contributed by atoms with Gasteiger partial charge in [-0.3, -0.25) is 4.98 Å². The van der Waals surface area contributed by atoms with Crippen molar-refractivity contribution in [3.8, 4) is 0 Å². The zero-order chi connectivity index (χ0) is 11.1. The number of hydrogen-bond donors (Lipinski definition) is 1. The fraction of sp³-hybridized carbons (Fsp3) is 0.583. The number of hydrogen-bond acceptors (Lipinski definition) is 3. The first-order valence-electron chi connectivity index (χ1n) is 5.48. The number of aromatic nitrogens is 1. The molecule has 0 fully saturated rings. The third-order valence-electron chi connectivity index (χ3n) is 2.53. The van der Waals surface area contributed by atoms with E-state index in [-0.39, 0.29) is 6.10 Å². The number of aliphatic hydroxyl groups excluding tert-OH is 1. The number of likely N-dealkylation sites (N-methyl/N-ethyl adjacent to an activating group) is 1. The summed E-state index contributed by atoms with van der Waals surface area (Å²) in [5.41, 5.74) is 1.29. The van der Waals surface area contributed by atoms with Gasteiger partial charge in [0.2, 0.25) is 0 Å². The van der Waals surface area contributed by atoms with Crippen molar-refractivity contribution in [1.29, 1.82) is 0 Å². The van der Waals surface area contributed by atoms with E-state index < -0.39 is 0 Å². The lowest BCUT2D eigenvalue weighted by Gasteiger charge is -2.19. The highest BCUT2D eigenvalue weighted by Crippen LogP contribution is 2.00. The van der Waals surface area contributed by atoms with Crippen LogP contribution in [-0.4, -0.2) is 41.2 Å². The Balaban J connectivity index is 2.25. The van der Waals surface area contributed by atoms with Gasteiger partial charge in [-0.1, -0.05) is 6.92 Å². The Morgan fingerprint density at radius 1 is 1.40 bits per heavy atom. The summed E-state index contributed by atoms with van der Waals surface area (Å²) in [4.78, 5) is 6.14. The van der Waals surface area contributed by atoms with Crippen LogP contribution in [0, 0.1) is 0 Å². The fourth-order valence-electron chi connectivity index (χ4n) is 1.45. The minimum absolute atomic E-state index is 0.201. The second-order valence-electron chi connectivity index (χ2n) is 3.93. The normalized spacial score (nSPS) is 13.1. The van der Waals surface area contributed by atoms with E-state index in [2.05, 4.69) is 9.88 Å². The number of pyridine rings is 1. The first-order chi connectivity index (χ1) is 7.22. The highest BCUT2D eigenvalue weighted by molar-refractivity contribution is 5.09. The lowest BCUT2D eigenvalue weighted by atomic mass is 10.2. The van der Waals surface area contributed by atoms with Gasteiger partial charge in [0, 0.05) is 25.5 Å². The van der Waals surface area contributed by atoms with Crippen LogP contribution in [0.1, 0.15) is 18.9 Å². The maximum Gasteiger partial charge on any atom is 0.0664 e. The quantitative estimate of drug-likeness (QED) is 0.766. The van der Waals surface area contributed by atoms with Gasteiger partial charge in [0.1, 0.15) is 0 Å². The van der Waals surface area contributed by atoms with Crippen LogP contribution in [0.15, 0.2) is 24.5 Å². The van der Waals surface area contributed by atoms with Crippen molar-refractivity contribution >= 4 is 0 Å². The van der Waals surface area contributed by atoms with Gasteiger partial charge >= 0.3 is 0 Å². The molecular weight excluding hydrogens is 188 g/mol. The Morgan fingerprint density at radius 3 is 2.67 bits per heavy atom. The lowest BCUT2D eigenvalue weighted by molar-refractivity contribution is 0.123. The van der Waals surface area contributed by atoms with Crippen LogP contribution < -0.4 is 0 Å². The molecule has 84 valence electrons. The van der Waals surface area contributed by atoms with Crippen LogP contribution in [0.4, 0.5) is 0 Å². The van der Waals surface area contributed by atoms with Crippen LogP contribution in [0.2, 0.25) is 0 Å². The predicted octanol–water partition coefficient (Wildman–Crippen LogP) is 1.33. The number of rotatable bonds is 6. The van der Waals surface area contributed by atoms with Gasteiger partial charge in [-0.05, 0) is 37.6 Å². The SMILES string of the molecule is CC[C@@H](O)CN(C)CCc1ccncc1. The zero-order valence-corrected chi connectivity index (χ0v) is 9.56. The van der Waals surface area contributed by atoms with E-state index in [0.29, 0.717) is 0 Å². The maximum atomic E-state index is 9.47. The van der Waals surface area contributed by atoms with Gasteiger partial charge in [0.15, 0.2) is 0 Å². The first-order valence-corrected chi connectivity index (χ1v) is 5.48. The molecule has 0 bridgehead atoms. The number of nitrogens with zero attached hydrogens (tertiary/aromatic N) is 2. The molecule has 3 heteroatoms. The lowest BCUT2D eigenvalue weighted by Crippen LogP contribution is -2.30. The molecule has 1 N–H and O–H groups in total. The smallest absolute Gasteiger partial charge is 0.0664 e. The maximum absolute atomic E-state index is 9.47. The predicted molar refractivity (Wildman–Crippen MR) is 61.7 cm³/mol. The van der Waals surface area contributed by atoms with E-state index in [1.54, 1.807) is 0 Å². The van der Waals surface area contributed by atoms with Crippen molar-refractivity contribution < 1.29 is 5.11 Å². The molecule has 0 saturated heterocycles. The Labute approximate surface area is 91.8 Å². The van der Waals surface area contributed by atoms with Gasteiger partial charge in [-0.25, -0.2) is 0 Å². The molecule has 1 aromatic heterocycles. The Bertz CT molecular complexity index is 264. The van der Waals surface area contributed by atoms with E-state index in [1.807, 2.05) is 38.5 Å². The Morgan fingerprint density at radius 2 is 2.07 bits per heavy atom. The van der Waals surface area contributed by atoms with Crippen molar-refractivity contribution in [2.24, 2.45) is 0 Å². The van der Waals surface area contributed by atoms with E-state index in [0.717, 1.165) is 25.9 Å². The summed E-state index contributed by atoms with van der Waals surface area (Å²) in [7, 11) is 2.04. The molecular formula is C12H20N2O. The van der Waals surface area contributed by atoms with Crippen molar-refractivity contribution in [2.45, 2.75) is 25.9 Å². The van der Waals surface area contributed by atoms with E-state index in [4.69, 9.17) is 0 Å². The third kappa shape index (κ3) is 4.91. The largest absolute Gasteiger partial charge is 0.392 e. The van der Waals surface area contributed by atoms with E-state index >= 15 is 0 Å².